The molecular weight excluding hydrogens is 296 g/mol. The molecule has 5 heteroatoms. The molecule has 2 unspecified atom stereocenters. The lowest BCUT2D eigenvalue weighted by atomic mass is 9.99. The molecule has 0 amide bonds. The summed E-state index contributed by atoms with van der Waals surface area (Å²) in [5.74, 6) is 0.407. The van der Waals surface area contributed by atoms with Crippen LogP contribution in [0.2, 0.25) is 0 Å². The first kappa shape index (κ1) is 17.2. The second-order valence-corrected chi connectivity index (χ2v) is 7.86. The standard InChI is InChI=1S/C17H26N2O2S/c1-3-8-16-13-19(14-17(16)18-22(2,20)21)12-7-11-15-9-5-4-6-10-15/h4-7,9-11,16-18H,3,8,12-14H2,1-2H3. The Balaban J connectivity index is 1.91. The number of rotatable bonds is 7. The van der Waals surface area contributed by atoms with E-state index in [4.69, 9.17) is 0 Å². The van der Waals surface area contributed by atoms with E-state index in [0.717, 1.165) is 32.5 Å². The fourth-order valence-electron chi connectivity index (χ4n) is 3.08. The molecule has 0 aromatic heterocycles. The van der Waals surface area contributed by atoms with Crippen LogP contribution in [0.1, 0.15) is 25.3 Å². The number of nitrogens with one attached hydrogen (secondary N) is 1. The number of hydrogen-bond acceptors (Lipinski definition) is 3. The molecule has 1 heterocycles. The van der Waals surface area contributed by atoms with Gasteiger partial charge in [-0.25, -0.2) is 13.1 Å². The first-order valence-corrected chi connectivity index (χ1v) is 9.78. The predicted octanol–water partition coefficient (Wildman–Crippen LogP) is 2.35. The molecule has 4 nitrogen and oxygen atoms in total. The van der Waals surface area contributed by atoms with Crippen LogP contribution >= 0.6 is 0 Å². The van der Waals surface area contributed by atoms with Gasteiger partial charge in [-0.2, -0.15) is 0 Å². The van der Waals surface area contributed by atoms with E-state index in [9.17, 15) is 8.42 Å². The maximum absolute atomic E-state index is 11.5. The van der Waals surface area contributed by atoms with Gasteiger partial charge in [-0.3, -0.25) is 4.90 Å². The minimum atomic E-state index is -3.14. The summed E-state index contributed by atoms with van der Waals surface area (Å²) in [6, 6.07) is 10.3. The molecule has 1 N–H and O–H groups in total. The van der Waals surface area contributed by atoms with Crippen LogP contribution in [0.15, 0.2) is 36.4 Å². The third-order valence-electron chi connectivity index (χ3n) is 4.02. The molecule has 1 aliphatic rings. The number of hydrogen-bond donors (Lipinski definition) is 1. The second-order valence-electron chi connectivity index (χ2n) is 6.08. The Bertz CT molecular complexity index is 584. The first-order valence-electron chi connectivity index (χ1n) is 7.89. The summed E-state index contributed by atoms with van der Waals surface area (Å²) in [6.45, 7) is 4.75. The Hall–Kier alpha value is -1.17. The van der Waals surface area contributed by atoms with Gasteiger partial charge in [-0.15, -0.1) is 0 Å². The van der Waals surface area contributed by atoms with Crippen LogP contribution in [0.3, 0.4) is 0 Å². The fraction of sp³-hybridized carbons (Fsp3) is 0.529. The Labute approximate surface area is 134 Å². The fourth-order valence-corrected chi connectivity index (χ4v) is 3.90. The van der Waals surface area contributed by atoms with Crippen molar-refractivity contribution in [3.63, 3.8) is 0 Å². The molecular formula is C17H26N2O2S. The van der Waals surface area contributed by atoms with E-state index in [0.29, 0.717) is 5.92 Å². The molecule has 1 aromatic carbocycles. The van der Waals surface area contributed by atoms with Gasteiger partial charge in [-0.05, 0) is 17.9 Å². The quantitative estimate of drug-likeness (QED) is 0.838. The lowest BCUT2D eigenvalue weighted by Crippen LogP contribution is -2.39. The van der Waals surface area contributed by atoms with Crippen LogP contribution in [0.5, 0.6) is 0 Å². The van der Waals surface area contributed by atoms with E-state index < -0.39 is 10.0 Å². The molecule has 1 aromatic rings. The van der Waals surface area contributed by atoms with Crippen molar-refractivity contribution in [2.24, 2.45) is 5.92 Å². The van der Waals surface area contributed by atoms with Gasteiger partial charge in [0, 0.05) is 25.7 Å². The topological polar surface area (TPSA) is 49.4 Å². The first-order chi connectivity index (χ1) is 10.5. The Morgan fingerprint density at radius 1 is 1.27 bits per heavy atom. The minimum Gasteiger partial charge on any atom is -0.298 e. The molecule has 0 spiro atoms. The summed E-state index contributed by atoms with van der Waals surface area (Å²) in [6.07, 6.45) is 7.66. The average Bonchev–Trinajstić information content (AvgIpc) is 2.80. The van der Waals surface area contributed by atoms with Crippen molar-refractivity contribution in [1.29, 1.82) is 0 Å². The maximum atomic E-state index is 11.5. The van der Waals surface area contributed by atoms with Gasteiger partial charge in [0.15, 0.2) is 0 Å². The third-order valence-corrected chi connectivity index (χ3v) is 4.75. The highest BCUT2D eigenvalue weighted by Crippen LogP contribution is 2.22. The zero-order valence-electron chi connectivity index (χ0n) is 13.4. The SMILES string of the molecule is CCCC1CN(CC=Cc2ccccc2)CC1NS(C)(=O)=O. The van der Waals surface area contributed by atoms with Crippen LogP contribution in [-0.4, -0.2) is 45.2 Å². The zero-order chi connectivity index (χ0) is 16.0. The van der Waals surface area contributed by atoms with Crippen LogP contribution in [0.25, 0.3) is 6.08 Å². The second kappa shape index (κ2) is 7.90. The molecule has 2 atom stereocenters. The molecule has 1 fully saturated rings. The van der Waals surface area contributed by atoms with Gasteiger partial charge in [-0.1, -0.05) is 55.8 Å². The predicted molar refractivity (Wildman–Crippen MR) is 92.1 cm³/mol. The van der Waals surface area contributed by atoms with Gasteiger partial charge in [0.25, 0.3) is 0 Å². The summed E-state index contributed by atoms with van der Waals surface area (Å²) in [5.41, 5.74) is 1.19. The molecule has 0 bridgehead atoms. The molecule has 1 aliphatic heterocycles. The van der Waals surface area contributed by atoms with Gasteiger partial charge in [0.2, 0.25) is 10.0 Å². The molecule has 0 radical (unpaired) electrons. The molecule has 122 valence electrons. The van der Waals surface area contributed by atoms with E-state index in [-0.39, 0.29) is 6.04 Å². The van der Waals surface area contributed by atoms with E-state index >= 15 is 0 Å². The highest BCUT2D eigenvalue weighted by atomic mass is 32.2. The van der Waals surface area contributed by atoms with Crippen molar-refractivity contribution in [2.75, 3.05) is 25.9 Å². The van der Waals surface area contributed by atoms with E-state index in [1.165, 1.54) is 11.8 Å². The van der Waals surface area contributed by atoms with Crippen LogP contribution in [0, 0.1) is 5.92 Å². The Kier molecular flexibility index (Phi) is 6.17. The summed E-state index contributed by atoms with van der Waals surface area (Å²) < 4.78 is 25.8. The monoisotopic (exact) mass is 322 g/mol. The van der Waals surface area contributed by atoms with E-state index in [1.54, 1.807) is 0 Å². The van der Waals surface area contributed by atoms with Crippen molar-refractivity contribution in [3.05, 3.63) is 42.0 Å². The highest BCUT2D eigenvalue weighted by Gasteiger charge is 2.33. The third kappa shape index (κ3) is 5.55. The van der Waals surface area contributed by atoms with E-state index in [1.807, 2.05) is 18.2 Å². The number of nitrogens with zero attached hydrogens (tertiary/aromatic N) is 1. The number of sulfonamides is 1. The van der Waals surface area contributed by atoms with E-state index in [2.05, 4.69) is 40.8 Å². The van der Waals surface area contributed by atoms with Gasteiger partial charge in [0.05, 0.1) is 6.26 Å². The van der Waals surface area contributed by atoms with Gasteiger partial charge in [0.1, 0.15) is 0 Å². The van der Waals surface area contributed by atoms with Crippen LogP contribution in [0.4, 0.5) is 0 Å². The lowest BCUT2D eigenvalue weighted by molar-refractivity contribution is 0.353. The van der Waals surface area contributed by atoms with Crippen molar-refractivity contribution in [2.45, 2.75) is 25.8 Å². The lowest BCUT2D eigenvalue weighted by Gasteiger charge is -2.17. The normalized spacial score (nSPS) is 23.4. The van der Waals surface area contributed by atoms with Crippen molar-refractivity contribution in [1.82, 2.24) is 9.62 Å². The van der Waals surface area contributed by atoms with Crippen molar-refractivity contribution in [3.8, 4) is 0 Å². The summed E-state index contributed by atoms with van der Waals surface area (Å²) in [5, 5.41) is 0. The summed E-state index contributed by atoms with van der Waals surface area (Å²) in [7, 11) is -3.14. The highest BCUT2D eigenvalue weighted by molar-refractivity contribution is 7.88. The zero-order valence-corrected chi connectivity index (χ0v) is 14.2. The van der Waals surface area contributed by atoms with Gasteiger partial charge >= 0.3 is 0 Å². The smallest absolute Gasteiger partial charge is 0.209 e. The summed E-state index contributed by atoms with van der Waals surface area (Å²) >= 11 is 0. The molecule has 1 saturated heterocycles. The van der Waals surface area contributed by atoms with Crippen LogP contribution in [-0.2, 0) is 10.0 Å². The Morgan fingerprint density at radius 3 is 2.64 bits per heavy atom. The number of likely N-dealkylation sites (tertiary alicyclic amines) is 1. The molecule has 22 heavy (non-hydrogen) atoms. The summed E-state index contributed by atoms with van der Waals surface area (Å²) in [4.78, 5) is 2.32. The largest absolute Gasteiger partial charge is 0.298 e. The molecule has 2 rings (SSSR count). The van der Waals surface area contributed by atoms with Crippen LogP contribution < -0.4 is 4.72 Å². The minimum absolute atomic E-state index is 0.0417. The average molecular weight is 322 g/mol. The van der Waals surface area contributed by atoms with Crippen molar-refractivity contribution < 1.29 is 8.42 Å². The molecule has 0 aliphatic carbocycles. The molecule has 0 saturated carbocycles. The Morgan fingerprint density at radius 2 is 2.00 bits per heavy atom. The van der Waals surface area contributed by atoms with Gasteiger partial charge < -0.3 is 0 Å². The van der Waals surface area contributed by atoms with Crippen molar-refractivity contribution >= 4 is 16.1 Å². The number of benzene rings is 1. The maximum Gasteiger partial charge on any atom is 0.209 e.